The highest BCUT2D eigenvalue weighted by Crippen LogP contribution is 2.36. The fourth-order valence-electron chi connectivity index (χ4n) is 4.91. The smallest absolute Gasteiger partial charge is 0.401 e. The molecule has 12 heteroatoms. The zero-order chi connectivity index (χ0) is 24.0. The lowest BCUT2D eigenvalue weighted by atomic mass is 9.97. The Morgan fingerprint density at radius 1 is 1.21 bits per heavy atom. The molecule has 34 heavy (non-hydrogen) atoms. The highest BCUT2D eigenvalue weighted by molar-refractivity contribution is 6.00. The zero-order valence-corrected chi connectivity index (χ0v) is 18.7. The van der Waals surface area contributed by atoms with Gasteiger partial charge in [-0.25, -0.2) is 14.8 Å². The standard InChI is InChI=1S/C22H24F3N7O2/c1-3-12-8-31(11-22(23,24)25)10-18(12)32-9-13-4-15-17(5-16(13)28-21(32)33)29-30-19(15)14-6-26-20(34-2)27-7-14/h4-7,12,18H,3,8-11H2,1-2H3,(H,28,33)(H,29,30)/t12-,18-/m1/s1. The third-order valence-corrected chi connectivity index (χ3v) is 6.52. The molecule has 2 atom stereocenters. The molecule has 2 aliphatic heterocycles. The average molecular weight is 475 g/mol. The van der Waals surface area contributed by atoms with Gasteiger partial charge in [-0.3, -0.25) is 10.00 Å². The Morgan fingerprint density at radius 3 is 2.65 bits per heavy atom. The lowest BCUT2D eigenvalue weighted by Gasteiger charge is -2.36. The first kappa shape index (κ1) is 22.4. The van der Waals surface area contributed by atoms with Crippen LogP contribution in [0.25, 0.3) is 22.2 Å². The summed E-state index contributed by atoms with van der Waals surface area (Å²) in [5.41, 5.74) is 3.63. The van der Waals surface area contributed by atoms with Crippen LogP contribution in [0.2, 0.25) is 0 Å². The van der Waals surface area contributed by atoms with E-state index in [0.717, 1.165) is 16.5 Å². The van der Waals surface area contributed by atoms with E-state index in [0.29, 0.717) is 36.5 Å². The number of methoxy groups -OCH3 is 1. The van der Waals surface area contributed by atoms with Crippen LogP contribution in [0.3, 0.4) is 0 Å². The summed E-state index contributed by atoms with van der Waals surface area (Å²) >= 11 is 0. The van der Waals surface area contributed by atoms with Crippen LogP contribution in [0.4, 0.5) is 23.7 Å². The monoisotopic (exact) mass is 475 g/mol. The molecule has 180 valence electrons. The molecule has 1 fully saturated rings. The van der Waals surface area contributed by atoms with E-state index in [1.807, 2.05) is 19.1 Å². The Balaban J connectivity index is 1.44. The number of fused-ring (bicyclic) bond motifs is 2. The van der Waals surface area contributed by atoms with Gasteiger partial charge in [-0.15, -0.1) is 0 Å². The highest BCUT2D eigenvalue weighted by atomic mass is 19.4. The van der Waals surface area contributed by atoms with Crippen LogP contribution in [0.15, 0.2) is 24.5 Å². The number of aromatic nitrogens is 4. The van der Waals surface area contributed by atoms with Crippen LogP contribution in [0, 0.1) is 5.92 Å². The molecule has 4 heterocycles. The van der Waals surface area contributed by atoms with Gasteiger partial charge in [-0.1, -0.05) is 13.3 Å². The van der Waals surface area contributed by atoms with Gasteiger partial charge in [0.1, 0.15) is 5.69 Å². The second kappa shape index (κ2) is 8.42. The summed E-state index contributed by atoms with van der Waals surface area (Å²) in [6.07, 6.45) is -0.334. The van der Waals surface area contributed by atoms with E-state index in [2.05, 4.69) is 25.5 Å². The molecule has 2 N–H and O–H groups in total. The van der Waals surface area contributed by atoms with Gasteiger partial charge in [-0.2, -0.15) is 18.3 Å². The van der Waals surface area contributed by atoms with Gasteiger partial charge >= 0.3 is 18.2 Å². The van der Waals surface area contributed by atoms with Gasteiger partial charge in [0.25, 0.3) is 0 Å². The summed E-state index contributed by atoms with van der Waals surface area (Å²) < 4.78 is 43.9. The number of hydrogen-bond donors (Lipinski definition) is 2. The van der Waals surface area contributed by atoms with Crippen LogP contribution >= 0.6 is 0 Å². The van der Waals surface area contributed by atoms with Crippen molar-refractivity contribution in [2.45, 2.75) is 32.1 Å². The minimum Gasteiger partial charge on any atom is -0.467 e. The molecule has 2 amide bonds. The molecule has 1 aromatic carbocycles. The lowest BCUT2D eigenvalue weighted by molar-refractivity contribution is -0.144. The van der Waals surface area contributed by atoms with Gasteiger partial charge in [0.2, 0.25) is 0 Å². The summed E-state index contributed by atoms with van der Waals surface area (Å²) in [7, 11) is 1.49. The molecule has 0 bridgehead atoms. The van der Waals surface area contributed by atoms with E-state index in [9.17, 15) is 18.0 Å². The van der Waals surface area contributed by atoms with Crippen LogP contribution in [-0.4, -0.2) is 75.0 Å². The molecule has 0 saturated carbocycles. The normalized spacial score (nSPS) is 21.1. The molecule has 0 spiro atoms. The van der Waals surface area contributed by atoms with Gasteiger partial charge < -0.3 is 15.0 Å². The van der Waals surface area contributed by atoms with Crippen LogP contribution < -0.4 is 10.1 Å². The van der Waals surface area contributed by atoms with Crippen molar-refractivity contribution < 1.29 is 22.7 Å². The van der Waals surface area contributed by atoms with Gasteiger partial charge in [0.15, 0.2) is 0 Å². The fraction of sp³-hybridized carbons (Fsp3) is 0.455. The molecule has 0 radical (unpaired) electrons. The van der Waals surface area contributed by atoms with E-state index < -0.39 is 12.7 Å². The number of anilines is 1. The molecule has 9 nitrogen and oxygen atoms in total. The van der Waals surface area contributed by atoms with E-state index in [4.69, 9.17) is 4.74 Å². The zero-order valence-electron chi connectivity index (χ0n) is 18.7. The first-order valence-electron chi connectivity index (χ1n) is 11.0. The number of halogens is 3. The van der Waals surface area contributed by atoms with Crippen LogP contribution in [0.1, 0.15) is 18.9 Å². The quantitative estimate of drug-likeness (QED) is 0.585. The Hall–Kier alpha value is -3.41. The van der Waals surface area contributed by atoms with Crippen molar-refractivity contribution in [3.63, 3.8) is 0 Å². The summed E-state index contributed by atoms with van der Waals surface area (Å²) in [5, 5.41) is 11.1. The van der Waals surface area contributed by atoms with Gasteiger partial charge in [-0.05, 0) is 23.6 Å². The Bertz CT molecular complexity index is 1210. The predicted octanol–water partition coefficient (Wildman–Crippen LogP) is 3.65. The number of rotatable bonds is 5. The second-order valence-corrected chi connectivity index (χ2v) is 8.69. The number of nitrogens with one attached hydrogen (secondary N) is 2. The Morgan fingerprint density at radius 2 is 1.97 bits per heavy atom. The van der Waals surface area contributed by atoms with E-state index >= 15 is 0 Å². The van der Waals surface area contributed by atoms with E-state index in [1.165, 1.54) is 12.0 Å². The molecule has 5 rings (SSSR count). The summed E-state index contributed by atoms with van der Waals surface area (Å²) in [5.74, 6) is -0.0284. The maximum absolute atomic E-state index is 13.0. The molecule has 2 aliphatic rings. The van der Waals surface area contributed by atoms with Crippen molar-refractivity contribution in [1.82, 2.24) is 30.0 Å². The first-order chi connectivity index (χ1) is 16.3. The summed E-state index contributed by atoms with van der Waals surface area (Å²) in [6.45, 7) is 1.81. The minimum absolute atomic E-state index is 0.0284. The number of hydrogen-bond acceptors (Lipinski definition) is 6. The van der Waals surface area contributed by atoms with Gasteiger partial charge in [0, 0.05) is 48.7 Å². The molecule has 3 aromatic rings. The summed E-state index contributed by atoms with van der Waals surface area (Å²) in [4.78, 5) is 24.3. The molecule has 2 aromatic heterocycles. The van der Waals surface area contributed by atoms with E-state index in [1.54, 1.807) is 17.3 Å². The fourth-order valence-corrected chi connectivity index (χ4v) is 4.91. The number of H-pyrrole nitrogens is 1. The highest BCUT2D eigenvalue weighted by Gasteiger charge is 2.43. The number of likely N-dealkylation sites (tertiary alicyclic amines) is 1. The topological polar surface area (TPSA) is 99.3 Å². The number of carbonyl (C=O) groups excluding carboxylic acids is 1. The number of nitrogens with zero attached hydrogens (tertiary/aromatic N) is 5. The summed E-state index contributed by atoms with van der Waals surface area (Å²) in [6, 6.07) is 3.43. The number of carbonyl (C=O) groups is 1. The minimum atomic E-state index is -4.27. The average Bonchev–Trinajstić information content (AvgIpc) is 3.39. The number of urea groups is 1. The number of aromatic amines is 1. The van der Waals surface area contributed by atoms with E-state index in [-0.39, 0.29) is 30.5 Å². The van der Waals surface area contributed by atoms with Crippen molar-refractivity contribution in [3.8, 4) is 17.3 Å². The lowest BCUT2D eigenvalue weighted by Crippen LogP contribution is -2.49. The number of amides is 2. The first-order valence-corrected chi connectivity index (χ1v) is 11.0. The van der Waals surface area contributed by atoms with Crippen molar-refractivity contribution in [2.75, 3.05) is 32.1 Å². The largest absolute Gasteiger partial charge is 0.467 e. The molecule has 1 saturated heterocycles. The Kier molecular flexibility index (Phi) is 5.54. The van der Waals surface area contributed by atoms with Crippen LogP contribution in [0.5, 0.6) is 6.01 Å². The molecule has 0 unspecified atom stereocenters. The third-order valence-electron chi connectivity index (χ3n) is 6.52. The van der Waals surface area contributed by atoms with Crippen LogP contribution in [-0.2, 0) is 6.54 Å². The van der Waals surface area contributed by atoms with Gasteiger partial charge in [0.05, 0.1) is 25.2 Å². The van der Waals surface area contributed by atoms with Crippen molar-refractivity contribution >= 4 is 22.6 Å². The maximum atomic E-state index is 13.0. The Labute approximate surface area is 193 Å². The third kappa shape index (κ3) is 4.13. The van der Waals surface area contributed by atoms with Crippen molar-refractivity contribution in [2.24, 2.45) is 5.92 Å². The predicted molar refractivity (Wildman–Crippen MR) is 118 cm³/mol. The number of benzene rings is 1. The number of ether oxygens (including phenoxy) is 1. The van der Waals surface area contributed by atoms with Crippen molar-refractivity contribution in [1.29, 1.82) is 0 Å². The van der Waals surface area contributed by atoms with Crippen molar-refractivity contribution in [3.05, 3.63) is 30.1 Å². The molecule has 0 aliphatic carbocycles. The molecular formula is C22H24F3N7O2. The SMILES string of the molecule is CC[C@@H]1CN(CC(F)(F)F)C[C@H]1N1Cc2cc3c(-c4cnc(OC)nc4)n[nH]c3cc2NC1=O. The second-order valence-electron chi connectivity index (χ2n) is 8.69. The molecular weight excluding hydrogens is 451 g/mol. The maximum Gasteiger partial charge on any atom is 0.401 e. The number of alkyl halides is 3.